The minimum absolute atomic E-state index is 0.0623. The SMILES string of the molecule is C=CCOC1CC(CO)N(C(=O)OC(C)(C)C)C1. The molecule has 0 saturated carbocycles. The Bertz CT molecular complexity index is 298. The number of hydrogen-bond donors (Lipinski definition) is 1. The summed E-state index contributed by atoms with van der Waals surface area (Å²) in [4.78, 5) is 13.5. The molecule has 1 heterocycles. The molecule has 2 unspecified atom stereocenters. The number of carbonyl (C=O) groups is 1. The molecule has 2 atom stereocenters. The van der Waals surface area contributed by atoms with Gasteiger partial charge < -0.3 is 19.5 Å². The number of aliphatic hydroxyl groups excluding tert-OH is 1. The summed E-state index contributed by atoms with van der Waals surface area (Å²) < 4.78 is 10.8. The molecular weight excluding hydrogens is 234 g/mol. The van der Waals surface area contributed by atoms with Crippen LogP contribution in [0.2, 0.25) is 0 Å². The van der Waals surface area contributed by atoms with Crippen LogP contribution in [0.1, 0.15) is 27.2 Å². The van der Waals surface area contributed by atoms with Crippen LogP contribution in [0.5, 0.6) is 0 Å². The average Bonchev–Trinajstić information content (AvgIpc) is 2.67. The molecule has 5 nitrogen and oxygen atoms in total. The summed E-state index contributed by atoms with van der Waals surface area (Å²) in [6, 6.07) is -0.227. The lowest BCUT2D eigenvalue weighted by molar-refractivity contribution is 0.0145. The van der Waals surface area contributed by atoms with Gasteiger partial charge >= 0.3 is 6.09 Å². The van der Waals surface area contributed by atoms with E-state index < -0.39 is 11.7 Å². The van der Waals surface area contributed by atoms with Gasteiger partial charge in [-0.15, -0.1) is 6.58 Å². The van der Waals surface area contributed by atoms with Crippen molar-refractivity contribution in [2.45, 2.75) is 44.9 Å². The van der Waals surface area contributed by atoms with E-state index in [4.69, 9.17) is 9.47 Å². The highest BCUT2D eigenvalue weighted by molar-refractivity contribution is 5.69. The van der Waals surface area contributed by atoms with Gasteiger partial charge in [0, 0.05) is 0 Å². The second-order valence-corrected chi connectivity index (χ2v) is 5.45. The predicted molar refractivity (Wildman–Crippen MR) is 68.4 cm³/mol. The fourth-order valence-electron chi connectivity index (χ4n) is 1.92. The summed E-state index contributed by atoms with van der Waals surface area (Å²) in [5, 5.41) is 9.30. The Balaban J connectivity index is 2.58. The average molecular weight is 257 g/mol. The molecular formula is C13H23NO4. The number of carbonyl (C=O) groups excluding carboxylic acids is 1. The van der Waals surface area contributed by atoms with E-state index in [2.05, 4.69) is 6.58 Å². The Labute approximate surface area is 108 Å². The number of nitrogens with zero attached hydrogens (tertiary/aromatic N) is 1. The van der Waals surface area contributed by atoms with Crippen LogP contribution in [-0.2, 0) is 9.47 Å². The van der Waals surface area contributed by atoms with Crippen LogP contribution in [0.25, 0.3) is 0 Å². The summed E-state index contributed by atoms with van der Waals surface area (Å²) in [6.07, 6.45) is 1.84. The third-order valence-corrected chi connectivity index (χ3v) is 2.66. The number of ether oxygens (including phenoxy) is 2. The molecule has 1 rings (SSSR count). The van der Waals surface area contributed by atoms with Crippen molar-refractivity contribution in [1.29, 1.82) is 0 Å². The number of rotatable bonds is 4. The second-order valence-electron chi connectivity index (χ2n) is 5.45. The molecule has 1 N–H and O–H groups in total. The summed E-state index contributed by atoms with van der Waals surface area (Å²) in [5.74, 6) is 0. The fraction of sp³-hybridized carbons (Fsp3) is 0.769. The highest BCUT2D eigenvalue weighted by Gasteiger charge is 2.37. The zero-order valence-corrected chi connectivity index (χ0v) is 11.4. The Morgan fingerprint density at radius 2 is 2.22 bits per heavy atom. The highest BCUT2D eigenvalue weighted by Crippen LogP contribution is 2.22. The third kappa shape index (κ3) is 4.31. The summed E-state index contributed by atoms with van der Waals surface area (Å²) in [6.45, 7) is 9.87. The molecule has 18 heavy (non-hydrogen) atoms. The van der Waals surface area contributed by atoms with Crippen molar-refractivity contribution < 1.29 is 19.4 Å². The zero-order valence-electron chi connectivity index (χ0n) is 11.4. The largest absolute Gasteiger partial charge is 0.444 e. The first-order chi connectivity index (χ1) is 8.37. The number of aliphatic hydroxyl groups is 1. The van der Waals surface area contributed by atoms with E-state index in [1.807, 2.05) is 20.8 Å². The maximum atomic E-state index is 12.0. The van der Waals surface area contributed by atoms with Crippen LogP contribution in [0.4, 0.5) is 4.79 Å². The van der Waals surface area contributed by atoms with E-state index in [1.165, 1.54) is 0 Å². The van der Waals surface area contributed by atoms with Gasteiger partial charge in [0.15, 0.2) is 0 Å². The van der Waals surface area contributed by atoms with Crippen molar-refractivity contribution in [2.75, 3.05) is 19.8 Å². The molecule has 1 saturated heterocycles. The molecule has 104 valence electrons. The second kappa shape index (κ2) is 6.20. The van der Waals surface area contributed by atoms with Gasteiger partial charge in [0.05, 0.1) is 31.9 Å². The van der Waals surface area contributed by atoms with Crippen molar-refractivity contribution in [2.24, 2.45) is 0 Å². The Hall–Kier alpha value is -1.07. The lowest BCUT2D eigenvalue weighted by Gasteiger charge is -2.27. The molecule has 1 fully saturated rings. The quantitative estimate of drug-likeness (QED) is 0.776. The van der Waals surface area contributed by atoms with Gasteiger partial charge in [-0.2, -0.15) is 0 Å². The van der Waals surface area contributed by atoms with Gasteiger partial charge in [-0.3, -0.25) is 0 Å². The summed E-state index contributed by atoms with van der Waals surface area (Å²) in [7, 11) is 0. The van der Waals surface area contributed by atoms with Crippen LogP contribution in [-0.4, -0.2) is 53.6 Å². The summed E-state index contributed by atoms with van der Waals surface area (Å²) >= 11 is 0. The van der Waals surface area contributed by atoms with E-state index in [9.17, 15) is 9.90 Å². The molecule has 0 aromatic rings. The van der Waals surface area contributed by atoms with Gasteiger partial charge in [0.1, 0.15) is 5.60 Å². The van der Waals surface area contributed by atoms with Crippen LogP contribution >= 0.6 is 0 Å². The first-order valence-corrected chi connectivity index (χ1v) is 6.20. The van der Waals surface area contributed by atoms with Crippen LogP contribution < -0.4 is 0 Å². The van der Waals surface area contributed by atoms with Crippen LogP contribution in [0.15, 0.2) is 12.7 Å². The maximum Gasteiger partial charge on any atom is 0.410 e. The molecule has 1 amide bonds. The standard InChI is InChI=1S/C13H23NO4/c1-5-6-17-11-7-10(9-15)14(8-11)12(16)18-13(2,3)4/h5,10-11,15H,1,6-9H2,2-4H3. The minimum Gasteiger partial charge on any atom is -0.444 e. The Kier molecular flexibility index (Phi) is 5.16. The number of amides is 1. The Morgan fingerprint density at radius 1 is 1.56 bits per heavy atom. The van der Waals surface area contributed by atoms with Crippen LogP contribution in [0.3, 0.4) is 0 Å². The molecule has 0 aliphatic carbocycles. The molecule has 0 spiro atoms. The zero-order chi connectivity index (χ0) is 13.8. The normalized spacial score (nSPS) is 24.1. The first kappa shape index (κ1) is 15.0. The van der Waals surface area contributed by atoms with E-state index >= 15 is 0 Å². The van der Waals surface area contributed by atoms with E-state index in [0.29, 0.717) is 19.6 Å². The van der Waals surface area contributed by atoms with Crippen molar-refractivity contribution >= 4 is 6.09 Å². The highest BCUT2D eigenvalue weighted by atomic mass is 16.6. The third-order valence-electron chi connectivity index (χ3n) is 2.66. The topological polar surface area (TPSA) is 59.0 Å². The van der Waals surface area contributed by atoms with E-state index in [0.717, 1.165) is 0 Å². The van der Waals surface area contributed by atoms with Gasteiger partial charge in [-0.05, 0) is 27.2 Å². The molecule has 0 radical (unpaired) electrons. The molecule has 0 aromatic heterocycles. The van der Waals surface area contributed by atoms with Crippen molar-refractivity contribution in [3.8, 4) is 0 Å². The molecule has 0 aromatic carbocycles. The van der Waals surface area contributed by atoms with Gasteiger partial charge in [0.25, 0.3) is 0 Å². The van der Waals surface area contributed by atoms with Gasteiger partial charge in [-0.1, -0.05) is 6.08 Å². The maximum absolute atomic E-state index is 12.0. The van der Waals surface area contributed by atoms with E-state index in [-0.39, 0.29) is 18.8 Å². The van der Waals surface area contributed by atoms with Gasteiger partial charge in [-0.25, -0.2) is 4.79 Å². The van der Waals surface area contributed by atoms with E-state index in [1.54, 1.807) is 11.0 Å². The monoisotopic (exact) mass is 257 g/mol. The van der Waals surface area contributed by atoms with Crippen LogP contribution in [0, 0.1) is 0 Å². The molecule has 0 bridgehead atoms. The minimum atomic E-state index is -0.531. The first-order valence-electron chi connectivity index (χ1n) is 6.20. The lowest BCUT2D eigenvalue weighted by Crippen LogP contribution is -2.41. The predicted octanol–water partition coefficient (Wildman–Crippen LogP) is 1.56. The fourth-order valence-corrected chi connectivity index (χ4v) is 1.92. The smallest absolute Gasteiger partial charge is 0.410 e. The van der Waals surface area contributed by atoms with Crippen molar-refractivity contribution in [3.63, 3.8) is 0 Å². The van der Waals surface area contributed by atoms with Crippen molar-refractivity contribution in [1.82, 2.24) is 4.90 Å². The van der Waals surface area contributed by atoms with Crippen molar-refractivity contribution in [3.05, 3.63) is 12.7 Å². The molecule has 5 heteroatoms. The number of hydrogen-bond acceptors (Lipinski definition) is 4. The summed E-state index contributed by atoms with van der Waals surface area (Å²) in [5.41, 5.74) is -0.531. The Morgan fingerprint density at radius 3 is 2.72 bits per heavy atom. The lowest BCUT2D eigenvalue weighted by atomic mass is 10.2. The molecule has 1 aliphatic heterocycles. The van der Waals surface area contributed by atoms with Gasteiger partial charge in [0.2, 0.25) is 0 Å². The number of likely N-dealkylation sites (tertiary alicyclic amines) is 1. The molecule has 1 aliphatic rings.